The third-order valence-corrected chi connectivity index (χ3v) is 1.09. The van der Waals surface area contributed by atoms with Gasteiger partial charge in [0.2, 0.25) is 0 Å². The van der Waals surface area contributed by atoms with Crippen LogP contribution in [0.5, 0.6) is 0 Å². The van der Waals surface area contributed by atoms with Gasteiger partial charge in [0.1, 0.15) is 6.04 Å². The zero-order valence-electron chi connectivity index (χ0n) is 5.04. The van der Waals surface area contributed by atoms with Crippen molar-refractivity contribution in [1.82, 2.24) is 0 Å². The van der Waals surface area contributed by atoms with Crippen LogP contribution < -0.4 is 5.73 Å². The van der Waals surface area contributed by atoms with Gasteiger partial charge in [0.25, 0.3) is 6.01 Å². The summed E-state index contributed by atoms with van der Waals surface area (Å²) in [6, 6.07) is 1.32. The third-order valence-electron chi connectivity index (χ3n) is 1.09. The van der Waals surface area contributed by atoms with Gasteiger partial charge in [-0.25, -0.2) is 0 Å². The fourth-order valence-corrected chi connectivity index (χ4v) is 0.561. The maximum atomic E-state index is 12.1. The summed E-state index contributed by atoms with van der Waals surface area (Å²) in [6.45, 7) is 0. The molecule has 0 radical (unpaired) electrons. The second-order valence-corrected chi connectivity index (χ2v) is 1.79. The Morgan fingerprint density at radius 2 is 2.50 bits per heavy atom. The van der Waals surface area contributed by atoms with Crippen molar-refractivity contribution in [2.75, 3.05) is 0 Å². The van der Waals surface area contributed by atoms with E-state index in [0.29, 0.717) is 5.56 Å². The Morgan fingerprint density at radius 1 is 1.80 bits per heavy atom. The molecule has 1 aromatic heterocycles. The largest absolute Gasteiger partial charge is 0.439 e. The van der Waals surface area contributed by atoms with Crippen LogP contribution in [-0.2, 0) is 0 Å². The van der Waals surface area contributed by atoms with Gasteiger partial charge in [0, 0.05) is 11.6 Å². The molecule has 0 saturated carbocycles. The standard InChI is InChI=1S/C6H5FN2O/c7-6-1-4(3-10-6)5(9)2-8/h1,3,5H,9H2. The number of furan rings is 1. The van der Waals surface area contributed by atoms with E-state index in [9.17, 15) is 4.39 Å². The molecule has 4 heteroatoms. The number of rotatable bonds is 1. The topological polar surface area (TPSA) is 63.0 Å². The van der Waals surface area contributed by atoms with Crippen LogP contribution in [0.3, 0.4) is 0 Å². The summed E-state index contributed by atoms with van der Waals surface area (Å²) < 4.78 is 16.4. The summed E-state index contributed by atoms with van der Waals surface area (Å²) in [6.07, 6.45) is 1.13. The van der Waals surface area contributed by atoms with E-state index >= 15 is 0 Å². The van der Waals surface area contributed by atoms with Crippen LogP contribution in [-0.4, -0.2) is 0 Å². The van der Waals surface area contributed by atoms with E-state index in [0.717, 1.165) is 12.3 Å². The molecule has 1 unspecified atom stereocenters. The molecule has 0 aliphatic carbocycles. The lowest BCUT2D eigenvalue weighted by atomic mass is 10.2. The van der Waals surface area contributed by atoms with Gasteiger partial charge in [-0.2, -0.15) is 9.65 Å². The van der Waals surface area contributed by atoms with Gasteiger partial charge in [-0.1, -0.05) is 0 Å². The first-order valence-corrected chi connectivity index (χ1v) is 2.63. The Balaban J connectivity index is 2.87. The molecule has 0 fully saturated rings. The molecule has 2 N–H and O–H groups in total. The highest BCUT2D eigenvalue weighted by Crippen LogP contribution is 2.11. The number of hydrogen-bond donors (Lipinski definition) is 1. The average molecular weight is 140 g/mol. The first-order chi connectivity index (χ1) is 4.74. The van der Waals surface area contributed by atoms with E-state index in [4.69, 9.17) is 11.0 Å². The van der Waals surface area contributed by atoms with Crippen LogP contribution in [0.25, 0.3) is 0 Å². The summed E-state index contributed by atoms with van der Waals surface area (Å²) in [5, 5.41) is 8.26. The molecule has 52 valence electrons. The Hall–Kier alpha value is -1.34. The molecule has 0 amide bonds. The normalized spacial score (nSPS) is 12.5. The smallest absolute Gasteiger partial charge is 0.278 e. The van der Waals surface area contributed by atoms with Crippen molar-refractivity contribution in [2.45, 2.75) is 6.04 Å². The summed E-state index contributed by atoms with van der Waals surface area (Å²) in [5.41, 5.74) is 5.58. The van der Waals surface area contributed by atoms with Gasteiger partial charge in [-0.3, -0.25) is 0 Å². The minimum atomic E-state index is -0.798. The highest BCUT2D eigenvalue weighted by atomic mass is 19.1. The Labute approximate surface area is 56.9 Å². The number of hydrogen-bond acceptors (Lipinski definition) is 3. The highest BCUT2D eigenvalue weighted by Gasteiger charge is 2.07. The molecular formula is C6H5FN2O. The van der Waals surface area contributed by atoms with Crippen LogP contribution in [0.15, 0.2) is 16.7 Å². The highest BCUT2D eigenvalue weighted by molar-refractivity contribution is 5.17. The average Bonchev–Trinajstić information content (AvgIpc) is 2.34. The van der Waals surface area contributed by atoms with Crippen LogP contribution >= 0.6 is 0 Å². The molecule has 3 nitrogen and oxygen atoms in total. The monoisotopic (exact) mass is 140 g/mol. The van der Waals surface area contributed by atoms with Crippen molar-refractivity contribution in [3.05, 3.63) is 23.9 Å². The summed E-state index contributed by atoms with van der Waals surface area (Å²) >= 11 is 0. The van der Waals surface area contributed by atoms with Gasteiger partial charge in [-0.05, 0) is 0 Å². The third kappa shape index (κ3) is 1.14. The Kier molecular flexibility index (Phi) is 1.69. The fourth-order valence-electron chi connectivity index (χ4n) is 0.561. The predicted octanol–water partition coefficient (Wildman–Crippen LogP) is 0.942. The molecule has 1 atom stereocenters. The van der Waals surface area contributed by atoms with Crippen molar-refractivity contribution < 1.29 is 8.81 Å². The van der Waals surface area contributed by atoms with Crippen LogP contribution in [0.1, 0.15) is 11.6 Å². The minimum absolute atomic E-state index is 0.361. The molecule has 0 aromatic carbocycles. The molecule has 0 aliphatic heterocycles. The van der Waals surface area contributed by atoms with E-state index < -0.39 is 12.1 Å². The Morgan fingerprint density at radius 3 is 2.90 bits per heavy atom. The SMILES string of the molecule is N#CC(N)c1coc(F)c1. The first kappa shape index (κ1) is 6.78. The number of nitrogens with two attached hydrogens (primary N) is 1. The molecular weight excluding hydrogens is 135 g/mol. The zero-order valence-corrected chi connectivity index (χ0v) is 5.04. The minimum Gasteiger partial charge on any atom is -0.439 e. The first-order valence-electron chi connectivity index (χ1n) is 2.63. The van der Waals surface area contributed by atoms with Crippen LogP contribution in [0.4, 0.5) is 4.39 Å². The van der Waals surface area contributed by atoms with Gasteiger partial charge < -0.3 is 10.2 Å². The van der Waals surface area contributed by atoms with Crippen molar-refractivity contribution >= 4 is 0 Å². The van der Waals surface area contributed by atoms with E-state index in [1.807, 2.05) is 0 Å². The van der Waals surface area contributed by atoms with Gasteiger partial charge in [0.05, 0.1) is 12.3 Å². The molecule has 1 heterocycles. The van der Waals surface area contributed by atoms with Crippen molar-refractivity contribution in [1.29, 1.82) is 5.26 Å². The molecule has 1 rings (SSSR count). The maximum Gasteiger partial charge on any atom is 0.278 e. The molecule has 0 aliphatic rings. The quantitative estimate of drug-likeness (QED) is 0.631. The second-order valence-electron chi connectivity index (χ2n) is 1.79. The molecule has 1 aromatic rings. The summed E-state index contributed by atoms with van der Waals surface area (Å²) in [5.74, 6) is 0. The van der Waals surface area contributed by atoms with Gasteiger partial charge in [-0.15, -0.1) is 0 Å². The summed E-state index contributed by atoms with van der Waals surface area (Å²) in [7, 11) is 0. The zero-order chi connectivity index (χ0) is 7.56. The van der Waals surface area contributed by atoms with Gasteiger partial charge >= 0.3 is 0 Å². The maximum absolute atomic E-state index is 12.1. The van der Waals surface area contributed by atoms with E-state index in [1.165, 1.54) is 0 Å². The molecule has 0 saturated heterocycles. The van der Waals surface area contributed by atoms with E-state index in [1.54, 1.807) is 6.07 Å². The van der Waals surface area contributed by atoms with E-state index in [-0.39, 0.29) is 0 Å². The fraction of sp³-hybridized carbons (Fsp3) is 0.167. The van der Waals surface area contributed by atoms with Crippen molar-refractivity contribution in [3.63, 3.8) is 0 Å². The lowest BCUT2D eigenvalue weighted by molar-refractivity contribution is 0.358. The molecule has 0 spiro atoms. The number of nitriles is 1. The lowest BCUT2D eigenvalue weighted by Gasteiger charge is -1.92. The predicted molar refractivity (Wildman–Crippen MR) is 31.2 cm³/mol. The second kappa shape index (κ2) is 2.50. The van der Waals surface area contributed by atoms with Crippen molar-refractivity contribution in [2.24, 2.45) is 5.73 Å². The molecule has 10 heavy (non-hydrogen) atoms. The van der Waals surface area contributed by atoms with Gasteiger partial charge in [0.15, 0.2) is 0 Å². The van der Waals surface area contributed by atoms with Crippen LogP contribution in [0.2, 0.25) is 0 Å². The van der Waals surface area contributed by atoms with E-state index in [2.05, 4.69) is 4.42 Å². The molecule has 0 bridgehead atoms. The lowest BCUT2D eigenvalue weighted by Crippen LogP contribution is -2.05. The Bertz CT molecular complexity index is 263. The summed E-state index contributed by atoms with van der Waals surface area (Å²) in [4.78, 5) is 0. The van der Waals surface area contributed by atoms with Crippen LogP contribution in [0, 0.1) is 17.3 Å². The van der Waals surface area contributed by atoms with Crippen molar-refractivity contribution in [3.8, 4) is 6.07 Å². The number of nitrogens with zero attached hydrogens (tertiary/aromatic N) is 1. The number of halogens is 1.